The molecule has 1 saturated heterocycles. The van der Waals surface area contributed by atoms with Gasteiger partial charge < -0.3 is 10.6 Å². The molecule has 0 spiro atoms. The third-order valence-corrected chi connectivity index (χ3v) is 2.46. The minimum atomic E-state index is 0.344. The maximum atomic E-state index is 8.77. The van der Waals surface area contributed by atoms with Crippen LogP contribution < -0.4 is 10.6 Å². The van der Waals surface area contributed by atoms with Crippen LogP contribution in [0.2, 0.25) is 0 Å². The number of hydrogen-bond acceptors (Lipinski definition) is 3. The van der Waals surface area contributed by atoms with Crippen LogP contribution in [0.25, 0.3) is 0 Å². The molecule has 1 aliphatic rings. The highest BCUT2D eigenvalue weighted by atomic mass is 15.1. The van der Waals surface area contributed by atoms with E-state index in [9.17, 15) is 0 Å². The number of benzene rings is 1. The van der Waals surface area contributed by atoms with E-state index in [0.29, 0.717) is 6.04 Å². The van der Waals surface area contributed by atoms with E-state index in [1.54, 1.807) is 0 Å². The van der Waals surface area contributed by atoms with Crippen LogP contribution in [0.4, 0.5) is 0 Å². The summed E-state index contributed by atoms with van der Waals surface area (Å²) in [6.45, 7) is 2.95. The average molecular weight is 187 g/mol. The first-order valence-electron chi connectivity index (χ1n) is 4.84. The lowest BCUT2D eigenvalue weighted by molar-refractivity contribution is 0.430. The first-order valence-corrected chi connectivity index (χ1v) is 4.84. The van der Waals surface area contributed by atoms with E-state index in [1.807, 2.05) is 18.2 Å². The summed E-state index contributed by atoms with van der Waals surface area (Å²) < 4.78 is 0. The van der Waals surface area contributed by atoms with Gasteiger partial charge in [0.2, 0.25) is 0 Å². The Morgan fingerprint density at radius 2 is 2.29 bits per heavy atom. The smallest absolute Gasteiger partial charge is 0.0991 e. The quantitative estimate of drug-likeness (QED) is 0.683. The Hall–Kier alpha value is -1.37. The monoisotopic (exact) mass is 187 g/mol. The maximum Gasteiger partial charge on any atom is 0.0991 e. The summed E-state index contributed by atoms with van der Waals surface area (Å²) in [5, 5.41) is 15.5. The number of nitrogens with one attached hydrogen (secondary N) is 2. The summed E-state index contributed by atoms with van der Waals surface area (Å²) in [7, 11) is 0. The van der Waals surface area contributed by atoms with Crippen molar-refractivity contribution in [2.45, 2.75) is 6.04 Å². The van der Waals surface area contributed by atoms with Crippen molar-refractivity contribution in [2.75, 3.05) is 19.6 Å². The highest BCUT2D eigenvalue weighted by Gasteiger charge is 2.13. The van der Waals surface area contributed by atoms with Crippen molar-refractivity contribution in [2.24, 2.45) is 0 Å². The molecule has 0 unspecified atom stereocenters. The minimum absolute atomic E-state index is 0.344. The fourth-order valence-corrected chi connectivity index (χ4v) is 1.71. The Bertz CT molecular complexity index is 348. The molecule has 3 heteroatoms. The number of nitrogens with zero attached hydrogens (tertiary/aromatic N) is 1. The second kappa shape index (κ2) is 4.23. The van der Waals surface area contributed by atoms with Crippen molar-refractivity contribution in [3.05, 3.63) is 35.4 Å². The molecule has 1 heterocycles. The predicted molar refractivity (Wildman–Crippen MR) is 54.8 cm³/mol. The maximum absolute atomic E-state index is 8.77. The van der Waals surface area contributed by atoms with Crippen LogP contribution in [0.3, 0.4) is 0 Å². The Kier molecular flexibility index (Phi) is 2.78. The fourth-order valence-electron chi connectivity index (χ4n) is 1.71. The lowest BCUT2D eigenvalue weighted by Crippen LogP contribution is -2.42. The van der Waals surface area contributed by atoms with E-state index in [4.69, 9.17) is 5.26 Å². The topological polar surface area (TPSA) is 47.9 Å². The highest BCUT2D eigenvalue weighted by molar-refractivity contribution is 5.34. The predicted octanol–water partition coefficient (Wildman–Crippen LogP) is 0.792. The molecule has 1 aromatic rings. The van der Waals surface area contributed by atoms with Gasteiger partial charge in [0.25, 0.3) is 0 Å². The zero-order chi connectivity index (χ0) is 9.80. The van der Waals surface area contributed by atoms with Crippen LogP contribution in [0.5, 0.6) is 0 Å². The standard InChI is InChI=1S/C11H13N3/c12-7-9-2-1-3-10(6-9)11-8-13-4-5-14-11/h1-3,6,11,13-14H,4-5,8H2/t11-/m0/s1. The molecule has 1 fully saturated rings. The molecule has 2 N–H and O–H groups in total. The molecule has 0 bridgehead atoms. The normalized spacial score (nSPS) is 21.5. The SMILES string of the molecule is N#Cc1cccc([C@@H]2CNCCN2)c1. The van der Waals surface area contributed by atoms with Crippen LogP contribution in [0, 0.1) is 11.3 Å². The summed E-state index contributed by atoms with van der Waals surface area (Å²) in [5.74, 6) is 0. The van der Waals surface area contributed by atoms with Gasteiger partial charge in [-0.1, -0.05) is 12.1 Å². The zero-order valence-corrected chi connectivity index (χ0v) is 7.96. The number of nitriles is 1. The van der Waals surface area contributed by atoms with E-state index < -0.39 is 0 Å². The Labute approximate surface area is 83.7 Å². The van der Waals surface area contributed by atoms with Crippen LogP contribution >= 0.6 is 0 Å². The molecule has 72 valence electrons. The molecule has 0 amide bonds. The van der Waals surface area contributed by atoms with Crippen LogP contribution in [0.1, 0.15) is 17.2 Å². The number of hydrogen-bond donors (Lipinski definition) is 2. The van der Waals surface area contributed by atoms with Crippen molar-refractivity contribution < 1.29 is 0 Å². The van der Waals surface area contributed by atoms with E-state index in [2.05, 4.69) is 22.8 Å². The molecule has 0 saturated carbocycles. The first kappa shape index (κ1) is 9.20. The van der Waals surface area contributed by atoms with Gasteiger partial charge in [0.05, 0.1) is 11.6 Å². The second-order valence-corrected chi connectivity index (χ2v) is 3.45. The van der Waals surface area contributed by atoms with Crippen LogP contribution in [0.15, 0.2) is 24.3 Å². The van der Waals surface area contributed by atoms with Gasteiger partial charge in [-0.3, -0.25) is 0 Å². The van der Waals surface area contributed by atoms with Gasteiger partial charge in [-0.2, -0.15) is 5.26 Å². The van der Waals surface area contributed by atoms with Crippen molar-refractivity contribution >= 4 is 0 Å². The van der Waals surface area contributed by atoms with E-state index in [0.717, 1.165) is 25.2 Å². The van der Waals surface area contributed by atoms with Crippen molar-refractivity contribution in [3.8, 4) is 6.07 Å². The molecular formula is C11H13N3. The van der Waals surface area contributed by atoms with Gasteiger partial charge in [-0.15, -0.1) is 0 Å². The Morgan fingerprint density at radius 1 is 1.36 bits per heavy atom. The lowest BCUT2D eigenvalue weighted by Gasteiger charge is -2.24. The summed E-state index contributed by atoms with van der Waals surface area (Å²) in [6, 6.07) is 10.3. The van der Waals surface area contributed by atoms with Gasteiger partial charge in [0.1, 0.15) is 0 Å². The molecule has 3 nitrogen and oxygen atoms in total. The van der Waals surface area contributed by atoms with E-state index >= 15 is 0 Å². The van der Waals surface area contributed by atoms with Gasteiger partial charge in [0.15, 0.2) is 0 Å². The summed E-state index contributed by atoms with van der Waals surface area (Å²) in [4.78, 5) is 0. The molecule has 0 aromatic heterocycles. The summed E-state index contributed by atoms with van der Waals surface area (Å²) in [6.07, 6.45) is 0. The summed E-state index contributed by atoms with van der Waals surface area (Å²) >= 11 is 0. The minimum Gasteiger partial charge on any atom is -0.314 e. The van der Waals surface area contributed by atoms with Gasteiger partial charge >= 0.3 is 0 Å². The highest BCUT2D eigenvalue weighted by Crippen LogP contribution is 2.14. The van der Waals surface area contributed by atoms with Crippen molar-refractivity contribution in [1.29, 1.82) is 5.26 Å². The molecule has 1 aliphatic heterocycles. The zero-order valence-electron chi connectivity index (χ0n) is 7.96. The van der Waals surface area contributed by atoms with Crippen LogP contribution in [-0.2, 0) is 0 Å². The molecule has 2 rings (SSSR count). The number of rotatable bonds is 1. The average Bonchev–Trinajstić information content (AvgIpc) is 2.30. The molecule has 0 aliphatic carbocycles. The van der Waals surface area contributed by atoms with E-state index in [-0.39, 0.29) is 0 Å². The Morgan fingerprint density at radius 3 is 3.00 bits per heavy atom. The van der Waals surface area contributed by atoms with Crippen LogP contribution in [-0.4, -0.2) is 19.6 Å². The van der Waals surface area contributed by atoms with Crippen molar-refractivity contribution in [3.63, 3.8) is 0 Å². The third kappa shape index (κ3) is 1.92. The molecular weight excluding hydrogens is 174 g/mol. The molecule has 1 atom stereocenters. The van der Waals surface area contributed by atoms with Crippen molar-refractivity contribution in [1.82, 2.24) is 10.6 Å². The largest absolute Gasteiger partial charge is 0.314 e. The van der Waals surface area contributed by atoms with Gasteiger partial charge in [-0.25, -0.2) is 0 Å². The number of piperazine rings is 1. The van der Waals surface area contributed by atoms with Gasteiger partial charge in [0, 0.05) is 25.7 Å². The lowest BCUT2D eigenvalue weighted by atomic mass is 10.0. The first-order chi connectivity index (χ1) is 6.90. The molecule has 14 heavy (non-hydrogen) atoms. The fraction of sp³-hybridized carbons (Fsp3) is 0.364. The Balaban J connectivity index is 2.18. The summed E-state index contributed by atoms with van der Waals surface area (Å²) in [5.41, 5.74) is 1.92. The molecule has 0 radical (unpaired) electrons. The molecule has 1 aromatic carbocycles. The van der Waals surface area contributed by atoms with E-state index in [1.165, 1.54) is 5.56 Å². The van der Waals surface area contributed by atoms with Gasteiger partial charge in [-0.05, 0) is 17.7 Å². The third-order valence-electron chi connectivity index (χ3n) is 2.46. The second-order valence-electron chi connectivity index (χ2n) is 3.45.